The monoisotopic (exact) mass is 258 g/mol. The van der Waals surface area contributed by atoms with E-state index in [2.05, 4.69) is 10.8 Å². The number of ether oxygens (including phenoxy) is 1. The average Bonchev–Trinajstić information content (AvgIpc) is 2.41. The van der Waals surface area contributed by atoms with E-state index in [0.29, 0.717) is 6.42 Å². The summed E-state index contributed by atoms with van der Waals surface area (Å²) in [5, 5.41) is 3.11. The molecule has 1 fully saturated rings. The van der Waals surface area contributed by atoms with E-state index < -0.39 is 0 Å². The number of hydroxylamine groups is 1. The van der Waals surface area contributed by atoms with E-state index in [-0.39, 0.29) is 12.2 Å². The summed E-state index contributed by atoms with van der Waals surface area (Å²) in [5.41, 5.74) is 2.48. The van der Waals surface area contributed by atoms with Gasteiger partial charge in [-0.3, -0.25) is 4.79 Å². The molecule has 0 spiro atoms. The molecular weight excluding hydrogens is 232 g/mol. The van der Waals surface area contributed by atoms with E-state index in [9.17, 15) is 4.79 Å². The Morgan fingerprint density at radius 1 is 1.28 bits per heavy atom. The van der Waals surface area contributed by atoms with Crippen LogP contribution in [0.5, 0.6) is 0 Å². The van der Waals surface area contributed by atoms with Crippen molar-refractivity contribution in [2.24, 2.45) is 0 Å². The number of carbonyl (C=O) groups is 1. The Hall–Kier alpha value is -0.650. The Labute approximate surface area is 110 Å². The molecule has 0 saturated carbocycles. The molecule has 1 atom stereocenters. The molecule has 1 aliphatic heterocycles. The maximum atomic E-state index is 11.5. The third-order valence-corrected chi connectivity index (χ3v) is 3.02. The first-order valence-corrected chi connectivity index (χ1v) is 7.03. The number of unbranched alkanes of at least 4 members (excludes halogenated alkanes) is 3. The van der Waals surface area contributed by atoms with E-state index in [1.165, 1.54) is 12.8 Å². The van der Waals surface area contributed by atoms with Crippen molar-refractivity contribution >= 4 is 5.91 Å². The van der Waals surface area contributed by atoms with Gasteiger partial charge in [0, 0.05) is 19.4 Å². The van der Waals surface area contributed by atoms with Crippen LogP contribution in [-0.4, -0.2) is 32.4 Å². The van der Waals surface area contributed by atoms with Crippen LogP contribution in [0.2, 0.25) is 0 Å². The highest BCUT2D eigenvalue weighted by atomic mass is 16.8. The molecule has 18 heavy (non-hydrogen) atoms. The van der Waals surface area contributed by atoms with Gasteiger partial charge in [-0.25, -0.2) is 10.3 Å². The standard InChI is InChI=1S/C13H26N2O3/c1-14-10-6-3-2-4-8-12(16)15-18-13-9-5-7-11-17-13/h13-14H,2-11H2,1H3,(H,15,16). The lowest BCUT2D eigenvalue weighted by molar-refractivity contribution is -0.200. The molecule has 0 aromatic rings. The van der Waals surface area contributed by atoms with Crippen molar-refractivity contribution in [3.05, 3.63) is 0 Å². The van der Waals surface area contributed by atoms with Crippen LogP contribution in [0, 0.1) is 0 Å². The third-order valence-electron chi connectivity index (χ3n) is 3.02. The molecule has 1 saturated heterocycles. The Bertz CT molecular complexity index is 218. The minimum atomic E-state index is -0.252. The molecule has 106 valence electrons. The molecule has 1 rings (SSSR count). The molecule has 1 amide bonds. The second-order valence-electron chi connectivity index (χ2n) is 4.71. The maximum absolute atomic E-state index is 11.5. The maximum Gasteiger partial charge on any atom is 0.243 e. The fraction of sp³-hybridized carbons (Fsp3) is 0.923. The molecular formula is C13H26N2O3. The van der Waals surface area contributed by atoms with Crippen molar-refractivity contribution in [2.45, 2.75) is 57.7 Å². The second-order valence-corrected chi connectivity index (χ2v) is 4.71. The second kappa shape index (κ2) is 10.3. The van der Waals surface area contributed by atoms with E-state index in [0.717, 1.165) is 45.3 Å². The van der Waals surface area contributed by atoms with Crippen molar-refractivity contribution in [3.8, 4) is 0 Å². The highest BCUT2D eigenvalue weighted by Gasteiger charge is 2.15. The van der Waals surface area contributed by atoms with Crippen molar-refractivity contribution in [1.82, 2.24) is 10.8 Å². The van der Waals surface area contributed by atoms with Gasteiger partial charge in [0.15, 0.2) is 6.29 Å². The molecule has 0 aliphatic carbocycles. The number of amides is 1. The first-order valence-electron chi connectivity index (χ1n) is 7.03. The summed E-state index contributed by atoms with van der Waals surface area (Å²) in [4.78, 5) is 16.7. The normalized spacial score (nSPS) is 19.7. The van der Waals surface area contributed by atoms with Gasteiger partial charge in [0.1, 0.15) is 0 Å². The minimum absolute atomic E-state index is 0.0437. The molecule has 0 bridgehead atoms. The average molecular weight is 258 g/mol. The van der Waals surface area contributed by atoms with Gasteiger partial charge >= 0.3 is 0 Å². The molecule has 1 aliphatic rings. The van der Waals surface area contributed by atoms with Gasteiger partial charge in [-0.05, 0) is 39.3 Å². The van der Waals surface area contributed by atoms with Crippen LogP contribution in [0.25, 0.3) is 0 Å². The largest absolute Gasteiger partial charge is 0.350 e. The fourth-order valence-corrected chi connectivity index (χ4v) is 1.93. The van der Waals surface area contributed by atoms with E-state index in [1.54, 1.807) is 0 Å². The van der Waals surface area contributed by atoms with Gasteiger partial charge in [-0.1, -0.05) is 12.8 Å². The van der Waals surface area contributed by atoms with E-state index in [1.807, 2.05) is 7.05 Å². The van der Waals surface area contributed by atoms with Gasteiger partial charge < -0.3 is 10.1 Å². The molecule has 0 radical (unpaired) electrons. The van der Waals surface area contributed by atoms with Crippen LogP contribution in [0.15, 0.2) is 0 Å². The molecule has 5 nitrogen and oxygen atoms in total. The summed E-state index contributed by atoms with van der Waals surface area (Å²) in [6, 6.07) is 0. The molecule has 2 N–H and O–H groups in total. The zero-order chi connectivity index (χ0) is 13.1. The first kappa shape index (κ1) is 15.4. The highest BCUT2D eigenvalue weighted by Crippen LogP contribution is 2.12. The number of carbonyl (C=O) groups excluding carboxylic acids is 1. The molecule has 5 heteroatoms. The summed E-state index contributed by atoms with van der Waals surface area (Å²) in [6.07, 6.45) is 7.69. The van der Waals surface area contributed by atoms with Gasteiger partial charge in [-0.15, -0.1) is 0 Å². The number of hydrogen-bond acceptors (Lipinski definition) is 4. The minimum Gasteiger partial charge on any atom is -0.350 e. The van der Waals surface area contributed by atoms with Crippen LogP contribution in [0.1, 0.15) is 51.4 Å². The van der Waals surface area contributed by atoms with Crippen LogP contribution in [0.4, 0.5) is 0 Å². The van der Waals surface area contributed by atoms with Crippen molar-refractivity contribution in [2.75, 3.05) is 20.2 Å². The van der Waals surface area contributed by atoms with Crippen LogP contribution in [0.3, 0.4) is 0 Å². The molecule has 1 heterocycles. The zero-order valence-electron chi connectivity index (χ0n) is 11.4. The number of nitrogens with one attached hydrogen (secondary N) is 2. The SMILES string of the molecule is CNCCCCCCC(=O)NOC1CCCCO1. The number of hydrogen-bond donors (Lipinski definition) is 2. The smallest absolute Gasteiger partial charge is 0.243 e. The Morgan fingerprint density at radius 2 is 2.11 bits per heavy atom. The zero-order valence-corrected chi connectivity index (χ0v) is 11.4. The van der Waals surface area contributed by atoms with Gasteiger partial charge in [0.2, 0.25) is 5.91 Å². The highest BCUT2D eigenvalue weighted by molar-refractivity contribution is 5.74. The lowest BCUT2D eigenvalue weighted by atomic mass is 10.1. The summed E-state index contributed by atoms with van der Waals surface area (Å²) < 4.78 is 5.35. The fourth-order valence-electron chi connectivity index (χ4n) is 1.93. The van der Waals surface area contributed by atoms with Crippen LogP contribution in [-0.2, 0) is 14.4 Å². The summed E-state index contributed by atoms with van der Waals surface area (Å²) in [7, 11) is 1.96. The summed E-state index contributed by atoms with van der Waals surface area (Å²) in [5.74, 6) is -0.0437. The van der Waals surface area contributed by atoms with Gasteiger partial charge in [0.05, 0.1) is 0 Å². The number of rotatable bonds is 9. The Kier molecular flexibility index (Phi) is 8.81. The molecule has 0 aromatic heterocycles. The van der Waals surface area contributed by atoms with Crippen molar-refractivity contribution in [1.29, 1.82) is 0 Å². The molecule has 0 aromatic carbocycles. The topological polar surface area (TPSA) is 59.6 Å². The summed E-state index contributed by atoms with van der Waals surface area (Å²) in [6.45, 7) is 1.78. The lowest BCUT2D eigenvalue weighted by Crippen LogP contribution is -2.32. The predicted octanol–water partition coefficient (Wildman–Crippen LogP) is 1.73. The summed E-state index contributed by atoms with van der Waals surface area (Å²) >= 11 is 0. The third kappa shape index (κ3) is 7.63. The quantitative estimate of drug-likeness (QED) is 0.488. The van der Waals surface area contributed by atoms with Crippen molar-refractivity contribution in [3.63, 3.8) is 0 Å². The van der Waals surface area contributed by atoms with Crippen molar-refractivity contribution < 1.29 is 14.4 Å². The van der Waals surface area contributed by atoms with Gasteiger partial charge in [0.25, 0.3) is 0 Å². The first-order chi connectivity index (χ1) is 8.83. The lowest BCUT2D eigenvalue weighted by Gasteiger charge is -2.22. The molecule has 1 unspecified atom stereocenters. The van der Waals surface area contributed by atoms with E-state index in [4.69, 9.17) is 9.57 Å². The Balaban J connectivity index is 1.90. The Morgan fingerprint density at radius 3 is 2.83 bits per heavy atom. The van der Waals surface area contributed by atoms with E-state index >= 15 is 0 Å². The van der Waals surface area contributed by atoms with Crippen LogP contribution >= 0.6 is 0 Å². The van der Waals surface area contributed by atoms with Crippen LogP contribution < -0.4 is 10.8 Å². The predicted molar refractivity (Wildman–Crippen MR) is 69.8 cm³/mol. The van der Waals surface area contributed by atoms with Gasteiger partial charge in [-0.2, -0.15) is 0 Å².